The molecule has 0 aromatic heterocycles. The van der Waals surface area contributed by atoms with Crippen LogP contribution in [-0.4, -0.2) is 7.11 Å². The Kier molecular flexibility index (Phi) is 5.85. The van der Waals surface area contributed by atoms with Crippen LogP contribution in [0.4, 0.5) is 13.2 Å². The summed E-state index contributed by atoms with van der Waals surface area (Å²) in [6.07, 6.45) is 0.871. The van der Waals surface area contributed by atoms with Gasteiger partial charge in [0.15, 0.2) is 0 Å². The largest absolute Gasteiger partial charge is 0.497 e. The molecule has 0 fully saturated rings. The van der Waals surface area contributed by atoms with Gasteiger partial charge in [-0.15, -0.1) is 0 Å². The van der Waals surface area contributed by atoms with Crippen molar-refractivity contribution in [2.45, 2.75) is 19.0 Å². The van der Waals surface area contributed by atoms with Crippen LogP contribution in [0.1, 0.15) is 24.0 Å². The van der Waals surface area contributed by atoms with Crippen LogP contribution in [0.5, 0.6) is 11.5 Å². The molecular weight excluding hydrogens is 401 g/mol. The van der Waals surface area contributed by atoms with Crippen molar-refractivity contribution in [1.29, 1.82) is 0 Å². The summed E-state index contributed by atoms with van der Waals surface area (Å²) in [4.78, 5) is 0. The molecule has 0 atom stereocenters. The predicted octanol–water partition coefficient (Wildman–Crippen LogP) is 7.52. The molecule has 0 radical (unpaired) electrons. The molecule has 0 N–H and O–H groups in total. The topological polar surface area (TPSA) is 18.5 Å². The number of alkyl halides is 3. The summed E-state index contributed by atoms with van der Waals surface area (Å²) >= 11 is 0. The van der Waals surface area contributed by atoms with Crippen LogP contribution in [0.15, 0.2) is 90.7 Å². The number of methoxy groups -OCH3 is 1. The molecule has 1 aliphatic rings. The van der Waals surface area contributed by atoms with Crippen LogP contribution >= 0.6 is 0 Å². The highest BCUT2D eigenvalue weighted by Crippen LogP contribution is 2.42. The van der Waals surface area contributed by atoms with E-state index >= 15 is 0 Å². The van der Waals surface area contributed by atoms with Crippen LogP contribution in [0, 0.1) is 0 Å². The first kappa shape index (κ1) is 20.8. The number of benzene rings is 3. The highest BCUT2D eigenvalue weighted by Gasteiger charge is 2.34. The van der Waals surface area contributed by atoms with Gasteiger partial charge in [-0.05, 0) is 77.6 Å². The fraction of sp³-hybridized carbons (Fsp3) is 0.154. The van der Waals surface area contributed by atoms with E-state index < -0.39 is 11.7 Å². The summed E-state index contributed by atoms with van der Waals surface area (Å²) in [5.74, 6) is 1.89. The summed E-state index contributed by atoms with van der Waals surface area (Å²) in [5.41, 5.74) is 1.60. The molecule has 158 valence electrons. The summed E-state index contributed by atoms with van der Waals surface area (Å²) in [7, 11) is 1.50. The standard InChI is InChI=1S/C26H21F3O2/c1-30-20-14-15-22(24(17-20)23-12-5-6-13-25(23)26(27,28)29)18-8-7-11-21(16-18)31-19-9-3-2-4-10-19/h2-6,9-17H,7-8H2,1H3. The van der Waals surface area contributed by atoms with Gasteiger partial charge in [-0.2, -0.15) is 13.2 Å². The van der Waals surface area contributed by atoms with E-state index in [1.807, 2.05) is 48.6 Å². The molecule has 0 saturated heterocycles. The van der Waals surface area contributed by atoms with E-state index in [0.717, 1.165) is 23.6 Å². The molecule has 0 aliphatic heterocycles. The van der Waals surface area contributed by atoms with Gasteiger partial charge in [0.1, 0.15) is 17.3 Å². The lowest BCUT2D eigenvalue weighted by Crippen LogP contribution is -2.08. The van der Waals surface area contributed by atoms with Crippen LogP contribution in [-0.2, 0) is 6.18 Å². The monoisotopic (exact) mass is 422 g/mol. The molecule has 2 nitrogen and oxygen atoms in total. The number of hydrogen-bond donors (Lipinski definition) is 0. The third-order valence-corrected chi connectivity index (χ3v) is 5.15. The van der Waals surface area contributed by atoms with Crippen molar-refractivity contribution in [3.63, 3.8) is 0 Å². The normalized spacial score (nSPS) is 13.9. The Morgan fingerprint density at radius 2 is 1.52 bits per heavy atom. The molecule has 4 rings (SSSR count). The smallest absolute Gasteiger partial charge is 0.417 e. The van der Waals surface area contributed by atoms with Gasteiger partial charge < -0.3 is 9.47 Å². The van der Waals surface area contributed by atoms with E-state index in [0.29, 0.717) is 29.2 Å². The second kappa shape index (κ2) is 8.72. The molecule has 3 aromatic rings. The lowest BCUT2D eigenvalue weighted by atomic mass is 9.88. The third kappa shape index (κ3) is 4.66. The van der Waals surface area contributed by atoms with Crippen LogP contribution in [0.3, 0.4) is 0 Å². The summed E-state index contributed by atoms with van der Waals surface area (Å²) in [6.45, 7) is 0. The van der Waals surface area contributed by atoms with Gasteiger partial charge in [-0.25, -0.2) is 0 Å². The van der Waals surface area contributed by atoms with E-state index in [1.165, 1.54) is 19.2 Å². The molecule has 0 saturated carbocycles. The average molecular weight is 422 g/mol. The predicted molar refractivity (Wildman–Crippen MR) is 116 cm³/mol. The Bertz CT molecular complexity index is 1130. The van der Waals surface area contributed by atoms with Crippen molar-refractivity contribution >= 4 is 5.57 Å². The first-order valence-electron chi connectivity index (χ1n) is 9.94. The van der Waals surface area contributed by atoms with Crippen molar-refractivity contribution in [2.24, 2.45) is 0 Å². The van der Waals surface area contributed by atoms with E-state index in [2.05, 4.69) is 0 Å². The number of para-hydroxylation sites is 1. The Morgan fingerprint density at radius 1 is 0.774 bits per heavy atom. The molecule has 0 spiro atoms. The van der Waals surface area contributed by atoms with E-state index in [9.17, 15) is 13.2 Å². The van der Waals surface area contributed by atoms with Crippen LogP contribution < -0.4 is 9.47 Å². The maximum absolute atomic E-state index is 13.7. The molecular formula is C26H21F3O2. The lowest BCUT2D eigenvalue weighted by Gasteiger charge is -2.20. The average Bonchev–Trinajstić information content (AvgIpc) is 2.79. The number of halogens is 3. The van der Waals surface area contributed by atoms with E-state index in [1.54, 1.807) is 18.2 Å². The van der Waals surface area contributed by atoms with Gasteiger partial charge in [0.2, 0.25) is 0 Å². The first-order chi connectivity index (χ1) is 15.0. The fourth-order valence-corrected chi connectivity index (χ4v) is 3.70. The van der Waals surface area contributed by atoms with Gasteiger partial charge in [-0.3, -0.25) is 0 Å². The minimum Gasteiger partial charge on any atom is -0.497 e. The van der Waals surface area contributed by atoms with E-state index in [-0.39, 0.29) is 5.56 Å². The Balaban J connectivity index is 1.79. The Labute approximate surface area is 179 Å². The molecule has 0 unspecified atom stereocenters. The zero-order chi connectivity index (χ0) is 21.8. The molecule has 0 heterocycles. The maximum atomic E-state index is 13.7. The highest BCUT2D eigenvalue weighted by molar-refractivity contribution is 5.85. The van der Waals surface area contributed by atoms with Gasteiger partial charge in [-0.1, -0.05) is 42.5 Å². The molecule has 3 aromatic carbocycles. The molecule has 1 aliphatic carbocycles. The number of rotatable bonds is 5. The number of allylic oxidation sites excluding steroid dienone is 3. The van der Waals surface area contributed by atoms with Gasteiger partial charge in [0.25, 0.3) is 0 Å². The second-order valence-electron chi connectivity index (χ2n) is 7.18. The van der Waals surface area contributed by atoms with Crippen molar-refractivity contribution in [1.82, 2.24) is 0 Å². The third-order valence-electron chi connectivity index (χ3n) is 5.15. The first-order valence-corrected chi connectivity index (χ1v) is 9.94. The number of ether oxygens (including phenoxy) is 2. The highest BCUT2D eigenvalue weighted by atomic mass is 19.4. The minimum atomic E-state index is -4.46. The quantitative estimate of drug-likeness (QED) is 0.423. The van der Waals surface area contributed by atoms with Crippen molar-refractivity contribution in [3.8, 4) is 22.6 Å². The molecule has 0 bridgehead atoms. The minimum absolute atomic E-state index is 0.130. The van der Waals surface area contributed by atoms with Crippen LogP contribution in [0.25, 0.3) is 16.7 Å². The summed E-state index contributed by atoms with van der Waals surface area (Å²) < 4.78 is 52.4. The molecule has 31 heavy (non-hydrogen) atoms. The van der Waals surface area contributed by atoms with Gasteiger partial charge in [0, 0.05) is 0 Å². The Morgan fingerprint density at radius 3 is 2.26 bits per heavy atom. The zero-order valence-corrected chi connectivity index (χ0v) is 16.9. The lowest BCUT2D eigenvalue weighted by molar-refractivity contribution is -0.137. The number of hydrogen-bond acceptors (Lipinski definition) is 2. The molecule has 5 heteroatoms. The SMILES string of the molecule is COc1ccc(C2=CC(Oc3ccccc3)=CCC2)c(-c2ccccc2C(F)(F)F)c1. The fourth-order valence-electron chi connectivity index (χ4n) is 3.70. The zero-order valence-electron chi connectivity index (χ0n) is 16.9. The summed E-state index contributed by atoms with van der Waals surface area (Å²) in [5, 5.41) is 0. The van der Waals surface area contributed by atoms with Crippen molar-refractivity contribution in [2.75, 3.05) is 7.11 Å². The van der Waals surface area contributed by atoms with Crippen LogP contribution in [0.2, 0.25) is 0 Å². The summed E-state index contributed by atoms with van der Waals surface area (Å²) in [6, 6.07) is 20.3. The van der Waals surface area contributed by atoms with Crippen molar-refractivity contribution in [3.05, 3.63) is 102 Å². The van der Waals surface area contributed by atoms with Gasteiger partial charge >= 0.3 is 6.18 Å². The second-order valence-corrected chi connectivity index (χ2v) is 7.18. The van der Waals surface area contributed by atoms with Crippen molar-refractivity contribution < 1.29 is 22.6 Å². The van der Waals surface area contributed by atoms with Gasteiger partial charge in [0.05, 0.1) is 12.7 Å². The van der Waals surface area contributed by atoms with E-state index in [4.69, 9.17) is 9.47 Å². The molecule has 0 amide bonds. The maximum Gasteiger partial charge on any atom is 0.417 e. The Hall–Kier alpha value is -3.47.